The highest BCUT2D eigenvalue weighted by Crippen LogP contribution is 2.44. The van der Waals surface area contributed by atoms with Gasteiger partial charge in [0.1, 0.15) is 0 Å². The van der Waals surface area contributed by atoms with Crippen LogP contribution in [0, 0.1) is 0 Å². The Morgan fingerprint density at radius 1 is 0.324 bits per heavy atom. The van der Waals surface area contributed by atoms with Gasteiger partial charge in [-0.3, -0.25) is 0 Å². The Morgan fingerprint density at radius 3 is 1.43 bits per heavy atom. The molecule has 0 amide bonds. The average Bonchev–Trinajstić information content (AvgIpc) is 2.96. The van der Waals surface area contributed by atoms with Gasteiger partial charge in [0.15, 0.2) is 0 Å². The molecule has 7 aromatic rings. The second-order valence-electron chi connectivity index (χ2n) is 9.61. The highest BCUT2D eigenvalue weighted by molar-refractivity contribution is 6.21. The zero-order valence-corrected chi connectivity index (χ0v) is 20.4. The van der Waals surface area contributed by atoms with Gasteiger partial charge in [0, 0.05) is 5.69 Å². The molecule has 0 unspecified atom stereocenters. The molecule has 0 heterocycles. The number of hydrogen-bond donors (Lipinski definition) is 1. The number of benzene rings is 7. The average molecular weight is 472 g/mol. The van der Waals surface area contributed by atoms with Crippen LogP contribution in [0.25, 0.3) is 65.7 Å². The minimum absolute atomic E-state index is 0.779. The van der Waals surface area contributed by atoms with Crippen LogP contribution < -0.4 is 5.73 Å². The van der Waals surface area contributed by atoms with E-state index in [2.05, 4.69) is 127 Å². The Kier molecular flexibility index (Phi) is 5.01. The predicted octanol–water partition coefficient (Wildman–Crippen LogP) is 9.73. The Morgan fingerprint density at radius 2 is 0.811 bits per heavy atom. The summed E-state index contributed by atoms with van der Waals surface area (Å²) < 4.78 is 0. The first-order chi connectivity index (χ1) is 18.3. The van der Waals surface area contributed by atoms with Gasteiger partial charge in [0.25, 0.3) is 0 Å². The van der Waals surface area contributed by atoms with Gasteiger partial charge < -0.3 is 5.73 Å². The third kappa shape index (κ3) is 3.64. The first-order valence-electron chi connectivity index (χ1n) is 12.7. The summed E-state index contributed by atoms with van der Waals surface area (Å²) >= 11 is 0. The second-order valence-corrected chi connectivity index (χ2v) is 9.61. The Labute approximate surface area is 216 Å². The van der Waals surface area contributed by atoms with Crippen molar-refractivity contribution in [3.63, 3.8) is 0 Å². The number of hydrogen-bond acceptors (Lipinski definition) is 1. The minimum atomic E-state index is 0.779. The van der Waals surface area contributed by atoms with E-state index in [9.17, 15) is 0 Å². The maximum atomic E-state index is 5.94. The van der Waals surface area contributed by atoms with Crippen molar-refractivity contribution in [1.82, 2.24) is 0 Å². The molecule has 2 N–H and O–H groups in total. The quantitative estimate of drug-likeness (QED) is 0.201. The molecule has 174 valence electrons. The van der Waals surface area contributed by atoms with E-state index in [1.165, 1.54) is 60.1 Å². The topological polar surface area (TPSA) is 26.0 Å². The first-order valence-corrected chi connectivity index (χ1v) is 12.7. The molecule has 1 heteroatoms. The molecule has 0 saturated heterocycles. The molecule has 0 radical (unpaired) electrons. The summed E-state index contributed by atoms with van der Waals surface area (Å²) in [6.45, 7) is 0. The molecule has 7 rings (SSSR count). The van der Waals surface area contributed by atoms with E-state index < -0.39 is 0 Å². The van der Waals surface area contributed by atoms with Gasteiger partial charge in [-0.05, 0) is 90.0 Å². The molecule has 0 atom stereocenters. The normalized spacial score (nSPS) is 11.4. The fraction of sp³-hybridized carbons (Fsp3) is 0. The van der Waals surface area contributed by atoms with Gasteiger partial charge in [0.2, 0.25) is 0 Å². The lowest BCUT2D eigenvalue weighted by molar-refractivity contribution is 1.60. The summed E-state index contributed by atoms with van der Waals surface area (Å²) in [6.07, 6.45) is 0. The Balaban J connectivity index is 1.53. The molecule has 37 heavy (non-hydrogen) atoms. The predicted molar refractivity (Wildman–Crippen MR) is 160 cm³/mol. The largest absolute Gasteiger partial charge is 0.399 e. The van der Waals surface area contributed by atoms with Crippen molar-refractivity contribution < 1.29 is 0 Å². The van der Waals surface area contributed by atoms with Gasteiger partial charge in [-0.25, -0.2) is 0 Å². The van der Waals surface area contributed by atoms with Crippen LogP contribution in [0.5, 0.6) is 0 Å². The smallest absolute Gasteiger partial charge is 0.0314 e. The molecule has 0 bridgehead atoms. The summed E-state index contributed by atoms with van der Waals surface area (Å²) in [5.74, 6) is 0. The fourth-order valence-electron chi connectivity index (χ4n) is 5.63. The van der Waals surface area contributed by atoms with Crippen molar-refractivity contribution in [1.29, 1.82) is 0 Å². The summed E-state index contributed by atoms with van der Waals surface area (Å²) in [7, 11) is 0. The number of rotatable bonds is 3. The molecule has 7 aromatic carbocycles. The molecule has 0 aliphatic rings. The van der Waals surface area contributed by atoms with Crippen LogP contribution in [-0.4, -0.2) is 0 Å². The van der Waals surface area contributed by atoms with E-state index in [-0.39, 0.29) is 0 Å². The van der Waals surface area contributed by atoms with E-state index in [4.69, 9.17) is 5.73 Å². The van der Waals surface area contributed by atoms with Crippen LogP contribution in [0.3, 0.4) is 0 Å². The van der Waals surface area contributed by atoms with E-state index in [0.29, 0.717) is 0 Å². The highest BCUT2D eigenvalue weighted by atomic mass is 14.5. The van der Waals surface area contributed by atoms with Crippen LogP contribution in [0.2, 0.25) is 0 Å². The molecule has 0 aliphatic carbocycles. The van der Waals surface area contributed by atoms with Crippen LogP contribution in [0.1, 0.15) is 0 Å². The zero-order valence-electron chi connectivity index (χ0n) is 20.4. The van der Waals surface area contributed by atoms with Crippen molar-refractivity contribution in [3.05, 3.63) is 140 Å². The van der Waals surface area contributed by atoms with E-state index >= 15 is 0 Å². The number of nitrogen functional groups attached to an aromatic ring is 1. The van der Waals surface area contributed by atoms with Gasteiger partial charge in [0.05, 0.1) is 0 Å². The van der Waals surface area contributed by atoms with Gasteiger partial charge in [-0.2, -0.15) is 0 Å². The first kappa shape index (κ1) is 21.4. The highest BCUT2D eigenvalue weighted by Gasteiger charge is 2.17. The third-order valence-corrected chi connectivity index (χ3v) is 7.36. The van der Waals surface area contributed by atoms with Crippen LogP contribution in [0.15, 0.2) is 140 Å². The summed E-state index contributed by atoms with van der Waals surface area (Å²) in [6, 6.07) is 50.0. The summed E-state index contributed by atoms with van der Waals surface area (Å²) in [5.41, 5.74) is 14.1. The van der Waals surface area contributed by atoms with Crippen LogP contribution in [0.4, 0.5) is 5.69 Å². The molecule has 0 aliphatic heterocycles. The Bertz CT molecular complexity index is 1870. The lowest BCUT2D eigenvalue weighted by Crippen LogP contribution is -1.91. The second kappa shape index (κ2) is 8.65. The van der Waals surface area contributed by atoms with Crippen molar-refractivity contribution in [3.8, 4) is 33.4 Å². The maximum Gasteiger partial charge on any atom is 0.0314 e. The lowest BCUT2D eigenvalue weighted by atomic mass is 9.85. The summed E-state index contributed by atoms with van der Waals surface area (Å²) in [5, 5.41) is 7.58. The molecule has 1 nitrogen and oxygen atoms in total. The van der Waals surface area contributed by atoms with E-state index in [1.807, 2.05) is 12.1 Å². The molecule has 0 aromatic heterocycles. The zero-order chi connectivity index (χ0) is 24.8. The van der Waals surface area contributed by atoms with Gasteiger partial charge >= 0.3 is 0 Å². The molecular formula is C36H25N. The van der Waals surface area contributed by atoms with Crippen molar-refractivity contribution in [2.45, 2.75) is 0 Å². The fourth-order valence-corrected chi connectivity index (χ4v) is 5.63. The molecule has 0 spiro atoms. The van der Waals surface area contributed by atoms with Crippen LogP contribution in [-0.2, 0) is 0 Å². The molecule has 0 saturated carbocycles. The maximum absolute atomic E-state index is 5.94. The van der Waals surface area contributed by atoms with Crippen molar-refractivity contribution >= 4 is 38.0 Å². The van der Waals surface area contributed by atoms with Gasteiger partial charge in [-0.1, -0.05) is 115 Å². The Hall–Kier alpha value is -4.88. The number of fused-ring (bicyclic) bond motifs is 3. The summed E-state index contributed by atoms with van der Waals surface area (Å²) in [4.78, 5) is 0. The van der Waals surface area contributed by atoms with E-state index in [0.717, 1.165) is 11.3 Å². The van der Waals surface area contributed by atoms with Crippen molar-refractivity contribution in [2.75, 3.05) is 5.73 Å². The molecular weight excluding hydrogens is 446 g/mol. The number of nitrogens with two attached hydrogens (primary N) is 1. The molecule has 0 fully saturated rings. The standard InChI is InChI=1S/C36H25N/c37-30-20-18-25(19-21-30)27-10-7-11-28(22-27)35-31-12-3-5-14-33(31)36(34-15-6-4-13-32(34)35)29-17-16-24-8-1-2-9-26(24)23-29/h1-23H,37H2. The minimum Gasteiger partial charge on any atom is -0.399 e. The third-order valence-electron chi connectivity index (χ3n) is 7.36. The monoisotopic (exact) mass is 471 g/mol. The van der Waals surface area contributed by atoms with Gasteiger partial charge in [-0.15, -0.1) is 0 Å². The van der Waals surface area contributed by atoms with E-state index in [1.54, 1.807) is 0 Å². The SMILES string of the molecule is Nc1ccc(-c2cccc(-c3c4ccccc4c(-c4ccc5ccccc5c4)c4ccccc34)c2)cc1. The lowest BCUT2D eigenvalue weighted by Gasteiger charge is -2.18. The van der Waals surface area contributed by atoms with Crippen LogP contribution >= 0.6 is 0 Å². The number of anilines is 1. The van der Waals surface area contributed by atoms with Crippen molar-refractivity contribution in [2.24, 2.45) is 0 Å².